The lowest BCUT2D eigenvalue weighted by Gasteiger charge is -2.33. The third kappa shape index (κ3) is 7.13. The van der Waals surface area contributed by atoms with E-state index in [2.05, 4.69) is 11.3 Å². The Balaban J connectivity index is 2.08. The van der Waals surface area contributed by atoms with Crippen LogP contribution in [0.1, 0.15) is 12.8 Å². The summed E-state index contributed by atoms with van der Waals surface area (Å²) < 4.78 is 105. The summed E-state index contributed by atoms with van der Waals surface area (Å²) in [5.41, 5.74) is 0. The predicted molar refractivity (Wildman–Crippen MR) is 97.4 cm³/mol. The van der Waals surface area contributed by atoms with Crippen molar-refractivity contribution >= 4 is 15.9 Å². The number of carbonyl (C=O) groups excluding carboxylic acids is 1. The number of piperidine rings is 1. The average Bonchev–Trinajstić information content (AvgIpc) is 2.65. The zero-order chi connectivity index (χ0) is 23.4. The second-order valence-corrected chi connectivity index (χ2v) is 8.76. The number of hydrogen-bond donors (Lipinski definition) is 0. The molecule has 1 aromatic carbocycles. The van der Waals surface area contributed by atoms with E-state index in [1.165, 1.54) is 6.08 Å². The number of benzene rings is 1. The van der Waals surface area contributed by atoms with E-state index in [1.54, 1.807) is 0 Å². The fraction of sp³-hybridized carbons (Fsp3) is 0.500. The smallest absolute Gasteiger partial charge is 0.406 e. The zero-order valence-electron chi connectivity index (χ0n) is 16.1. The first-order valence-electron chi connectivity index (χ1n) is 9.05. The molecule has 0 N–H and O–H groups in total. The minimum atomic E-state index is -4.99. The molecule has 13 heteroatoms. The molecule has 0 unspecified atom stereocenters. The molecule has 1 aliphatic heterocycles. The van der Waals surface area contributed by atoms with Gasteiger partial charge >= 0.3 is 12.5 Å². The quantitative estimate of drug-likeness (QED) is 0.448. The van der Waals surface area contributed by atoms with Crippen LogP contribution in [0, 0.1) is 5.92 Å². The molecule has 1 aromatic rings. The number of sulfonamides is 1. The first kappa shape index (κ1) is 25.0. The Morgan fingerprint density at radius 1 is 1.19 bits per heavy atom. The Hall–Kier alpha value is -2.28. The summed E-state index contributed by atoms with van der Waals surface area (Å²) >= 11 is 0. The summed E-state index contributed by atoms with van der Waals surface area (Å²) in [4.78, 5) is 12.6. The number of ether oxygens (including phenoxy) is 1. The van der Waals surface area contributed by atoms with Crippen LogP contribution in [-0.2, 0) is 14.8 Å². The summed E-state index contributed by atoms with van der Waals surface area (Å²) in [6, 6.07) is 3.88. The van der Waals surface area contributed by atoms with Gasteiger partial charge in [0.2, 0.25) is 15.9 Å². The number of rotatable bonds is 7. The summed E-state index contributed by atoms with van der Waals surface area (Å²) in [6.45, 7) is 1.25. The Bertz CT molecular complexity index is 893. The molecule has 2 rings (SSSR count). The Morgan fingerprint density at radius 2 is 1.81 bits per heavy atom. The van der Waals surface area contributed by atoms with Crippen molar-refractivity contribution in [3.05, 3.63) is 36.9 Å². The zero-order valence-corrected chi connectivity index (χ0v) is 16.9. The molecular formula is C18H20F6N2O4S. The fourth-order valence-electron chi connectivity index (χ4n) is 3.19. The average molecular weight is 474 g/mol. The maximum absolute atomic E-state index is 12.7. The minimum Gasteiger partial charge on any atom is -0.406 e. The van der Waals surface area contributed by atoms with Crippen molar-refractivity contribution in [2.75, 3.05) is 26.2 Å². The molecule has 1 aliphatic rings. The minimum absolute atomic E-state index is 0.0255. The second kappa shape index (κ2) is 9.47. The largest absolute Gasteiger partial charge is 0.573 e. The topological polar surface area (TPSA) is 66.9 Å². The third-order valence-corrected chi connectivity index (χ3v) is 6.41. The maximum Gasteiger partial charge on any atom is 0.573 e. The van der Waals surface area contributed by atoms with Crippen molar-refractivity contribution < 1.29 is 44.3 Å². The molecule has 0 spiro atoms. The first-order chi connectivity index (χ1) is 14.2. The summed E-state index contributed by atoms with van der Waals surface area (Å²) in [7, 11) is -4.18. The van der Waals surface area contributed by atoms with Gasteiger partial charge in [0.15, 0.2) is 0 Å². The van der Waals surface area contributed by atoms with Gasteiger partial charge in [0.25, 0.3) is 0 Å². The number of nitrogens with zero attached hydrogens (tertiary/aromatic N) is 2. The Labute approximate surface area is 175 Å². The second-order valence-electron chi connectivity index (χ2n) is 6.82. The lowest BCUT2D eigenvalue weighted by Crippen LogP contribution is -2.46. The van der Waals surface area contributed by atoms with Crippen molar-refractivity contribution in [2.45, 2.75) is 30.3 Å². The molecule has 31 heavy (non-hydrogen) atoms. The molecule has 0 saturated carbocycles. The van der Waals surface area contributed by atoms with E-state index in [9.17, 15) is 39.6 Å². The van der Waals surface area contributed by atoms with Gasteiger partial charge in [0.05, 0.1) is 4.90 Å². The van der Waals surface area contributed by atoms with E-state index in [0.717, 1.165) is 28.6 Å². The third-order valence-electron chi connectivity index (χ3n) is 4.51. The van der Waals surface area contributed by atoms with Gasteiger partial charge < -0.3 is 9.64 Å². The van der Waals surface area contributed by atoms with Gasteiger partial charge in [-0.25, -0.2) is 8.42 Å². The van der Waals surface area contributed by atoms with Crippen LogP contribution in [0.15, 0.2) is 41.8 Å². The highest BCUT2D eigenvalue weighted by Gasteiger charge is 2.38. The number of hydrogen-bond acceptors (Lipinski definition) is 4. The summed E-state index contributed by atoms with van der Waals surface area (Å²) in [6.07, 6.45) is -8.47. The van der Waals surface area contributed by atoms with E-state index in [0.29, 0.717) is 4.90 Å². The van der Waals surface area contributed by atoms with E-state index >= 15 is 0 Å². The molecule has 0 bridgehead atoms. The molecule has 1 fully saturated rings. The van der Waals surface area contributed by atoms with Crippen LogP contribution in [0.25, 0.3) is 0 Å². The number of amides is 1. The van der Waals surface area contributed by atoms with Crippen LogP contribution in [0.3, 0.4) is 0 Å². The van der Waals surface area contributed by atoms with Crippen molar-refractivity contribution in [3.63, 3.8) is 0 Å². The lowest BCUT2D eigenvalue weighted by atomic mass is 9.96. The molecule has 0 atom stereocenters. The molecule has 1 heterocycles. The van der Waals surface area contributed by atoms with E-state index in [-0.39, 0.29) is 32.5 Å². The predicted octanol–water partition coefficient (Wildman–Crippen LogP) is 3.56. The van der Waals surface area contributed by atoms with Crippen LogP contribution < -0.4 is 4.74 Å². The Morgan fingerprint density at radius 3 is 2.32 bits per heavy atom. The molecular weight excluding hydrogens is 454 g/mol. The van der Waals surface area contributed by atoms with Gasteiger partial charge in [0.1, 0.15) is 12.3 Å². The van der Waals surface area contributed by atoms with Crippen LogP contribution in [0.5, 0.6) is 5.75 Å². The molecule has 174 valence electrons. The van der Waals surface area contributed by atoms with E-state index in [4.69, 9.17) is 0 Å². The number of alkyl halides is 6. The SMILES string of the molecule is C=CCN(CC(F)(F)F)C(=O)C1CCN(S(=O)(=O)c2cccc(OC(F)(F)F)c2)CC1. The highest BCUT2D eigenvalue weighted by Crippen LogP contribution is 2.29. The maximum atomic E-state index is 12.7. The van der Waals surface area contributed by atoms with Crippen LogP contribution in [-0.4, -0.2) is 62.2 Å². The van der Waals surface area contributed by atoms with Gasteiger partial charge in [0, 0.05) is 31.6 Å². The molecule has 0 aliphatic carbocycles. The van der Waals surface area contributed by atoms with E-state index in [1.807, 2.05) is 0 Å². The summed E-state index contributed by atoms with van der Waals surface area (Å²) in [5, 5.41) is 0. The van der Waals surface area contributed by atoms with Gasteiger partial charge in [-0.05, 0) is 25.0 Å². The van der Waals surface area contributed by atoms with Gasteiger partial charge in [-0.1, -0.05) is 12.1 Å². The highest BCUT2D eigenvalue weighted by atomic mass is 32.2. The number of carbonyl (C=O) groups is 1. The van der Waals surface area contributed by atoms with Gasteiger partial charge in [-0.15, -0.1) is 19.8 Å². The lowest BCUT2D eigenvalue weighted by molar-refractivity contribution is -0.274. The van der Waals surface area contributed by atoms with Crippen molar-refractivity contribution in [3.8, 4) is 5.75 Å². The first-order valence-corrected chi connectivity index (χ1v) is 10.5. The molecule has 0 aromatic heterocycles. The van der Waals surface area contributed by atoms with Gasteiger partial charge in [-0.3, -0.25) is 4.79 Å². The molecule has 1 saturated heterocycles. The Kier molecular flexibility index (Phi) is 7.63. The van der Waals surface area contributed by atoms with Crippen molar-refractivity contribution in [2.24, 2.45) is 5.92 Å². The fourth-order valence-corrected chi connectivity index (χ4v) is 4.69. The van der Waals surface area contributed by atoms with Crippen LogP contribution in [0.4, 0.5) is 26.3 Å². The van der Waals surface area contributed by atoms with Crippen molar-refractivity contribution in [1.29, 1.82) is 0 Å². The molecule has 1 amide bonds. The highest BCUT2D eigenvalue weighted by molar-refractivity contribution is 7.89. The van der Waals surface area contributed by atoms with Crippen molar-refractivity contribution in [1.82, 2.24) is 9.21 Å². The van der Waals surface area contributed by atoms with Crippen LogP contribution >= 0.6 is 0 Å². The molecule has 0 radical (unpaired) electrons. The monoisotopic (exact) mass is 474 g/mol. The normalized spacial score (nSPS) is 16.7. The molecule has 6 nitrogen and oxygen atoms in total. The van der Waals surface area contributed by atoms with Crippen LogP contribution in [0.2, 0.25) is 0 Å². The summed E-state index contributed by atoms with van der Waals surface area (Å²) in [5.74, 6) is -2.27. The van der Waals surface area contributed by atoms with E-state index < -0.39 is 51.6 Å². The van der Waals surface area contributed by atoms with Gasteiger partial charge in [-0.2, -0.15) is 17.5 Å². The number of halogens is 6. The standard InChI is InChI=1S/C18H20F6N2O4S/c1-2-8-25(12-17(19,20)21)16(27)13-6-9-26(10-7-13)31(28,29)15-5-3-4-14(11-15)30-18(22,23)24/h2-5,11,13H,1,6-10,12H2.